The van der Waals surface area contributed by atoms with E-state index in [9.17, 15) is 0 Å². The molecule has 0 rings (SSSR count). The van der Waals surface area contributed by atoms with Crippen molar-refractivity contribution < 1.29 is 0 Å². The number of alkyl halides is 2. The average Bonchev–Trinajstić information content (AvgIpc) is 1.59. The topological polar surface area (TPSA) is 0 Å². The predicted octanol–water partition coefficient (Wildman–Crippen LogP) is 3.66. The predicted molar refractivity (Wildman–Crippen MR) is 49.1 cm³/mol. The SMILES string of the molecule is CC(Cl)CC(C)(C)CCCl. The molecule has 0 amide bonds. The van der Waals surface area contributed by atoms with Gasteiger partial charge >= 0.3 is 0 Å². The molecule has 0 aromatic carbocycles. The first-order chi connectivity index (χ1) is 4.48. The Morgan fingerprint density at radius 3 is 2.20 bits per heavy atom. The normalized spacial score (nSPS) is 15.3. The van der Waals surface area contributed by atoms with Crippen molar-refractivity contribution in [3.63, 3.8) is 0 Å². The Bertz CT molecular complexity index is 87.3. The van der Waals surface area contributed by atoms with Gasteiger partial charge in [-0.15, -0.1) is 23.2 Å². The first kappa shape index (κ1) is 10.6. The van der Waals surface area contributed by atoms with Gasteiger partial charge in [-0.2, -0.15) is 0 Å². The number of halogens is 2. The second-order valence-corrected chi connectivity index (χ2v) is 4.71. The second-order valence-electron chi connectivity index (χ2n) is 3.59. The van der Waals surface area contributed by atoms with E-state index in [0.29, 0.717) is 5.41 Å². The third kappa shape index (κ3) is 5.37. The maximum absolute atomic E-state index is 5.85. The molecule has 0 bridgehead atoms. The molecule has 0 heterocycles. The molecule has 1 atom stereocenters. The van der Waals surface area contributed by atoms with Crippen molar-refractivity contribution >= 4 is 23.2 Å². The largest absolute Gasteiger partial charge is 0.127 e. The van der Waals surface area contributed by atoms with E-state index in [1.54, 1.807) is 0 Å². The molecule has 0 fully saturated rings. The maximum atomic E-state index is 5.85. The summed E-state index contributed by atoms with van der Waals surface area (Å²) in [7, 11) is 0. The zero-order valence-electron chi connectivity index (χ0n) is 6.95. The summed E-state index contributed by atoms with van der Waals surface area (Å²) >= 11 is 11.5. The molecular formula is C8H16Cl2. The zero-order valence-corrected chi connectivity index (χ0v) is 8.47. The van der Waals surface area contributed by atoms with Crippen LogP contribution >= 0.6 is 23.2 Å². The van der Waals surface area contributed by atoms with Crippen LogP contribution in [0.1, 0.15) is 33.6 Å². The molecule has 0 nitrogen and oxygen atoms in total. The maximum Gasteiger partial charge on any atom is 0.0312 e. The van der Waals surface area contributed by atoms with Gasteiger partial charge in [0, 0.05) is 11.3 Å². The monoisotopic (exact) mass is 182 g/mol. The summed E-state index contributed by atoms with van der Waals surface area (Å²) in [6.07, 6.45) is 2.09. The van der Waals surface area contributed by atoms with Gasteiger partial charge in [0.15, 0.2) is 0 Å². The highest BCUT2D eigenvalue weighted by atomic mass is 35.5. The van der Waals surface area contributed by atoms with Crippen molar-refractivity contribution in [1.29, 1.82) is 0 Å². The molecule has 10 heavy (non-hydrogen) atoms. The Hall–Kier alpha value is 0.580. The molecule has 0 aliphatic heterocycles. The molecule has 1 unspecified atom stereocenters. The minimum Gasteiger partial charge on any atom is -0.127 e. The lowest BCUT2D eigenvalue weighted by Gasteiger charge is -2.24. The number of rotatable bonds is 4. The van der Waals surface area contributed by atoms with Crippen molar-refractivity contribution in [3.8, 4) is 0 Å². The summed E-state index contributed by atoms with van der Waals surface area (Å²) in [6, 6.07) is 0. The molecule has 0 aliphatic carbocycles. The Labute approximate surface area is 73.9 Å². The van der Waals surface area contributed by atoms with Gasteiger partial charge in [0.2, 0.25) is 0 Å². The zero-order chi connectivity index (χ0) is 8.20. The molecule has 0 saturated carbocycles. The Morgan fingerprint density at radius 2 is 1.90 bits per heavy atom. The van der Waals surface area contributed by atoms with Crippen LogP contribution in [0.5, 0.6) is 0 Å². The summed E-state index contributed by atoms with van der Waals surface area (Å²) < 4.78 is 0. The molecule has 62 valence electrons. The van der Waals surface area contributed by atoms with Crippen LogP contribution in [-0.2, 0) is 0 Å². The molecule has 0 N–H and O–H groups in total. The van der Waals surface area contributed by atoms with Crippen LogP contribution in [0.25, 0.3) is 0 Å². The van der Waals surface area contributed by atoms with E-state index in [1.165, 1.54) is 0 Å². The lowest BCUT2D eigenvalue weighted by Crippen LogP contribution is -2.16. The van der Waals surface area contributed by atoms with E-state index < -0.39 is 0 Å². The van der Waals surface area contributed by atoms with Gasteiger partial charge in [-0.3, -0.25) is 0 Å². The van der Waals surface area contributed by atoms with E-state index in [2.05, 4.69) is 13.8 Å². The van der Waals surface area contributed by atoms with Gasteiger partial charge in [-0.1, -0.05) is 13.8 Å². The van der Waals surface area contributed by atoms with Gasteiger partial charge in [0.05, 0.1) is 0 Å². The fraction of sp³-hybridized carbons (Fsp3) is 1.00. The van der Waals surface area contributed by atoms with Gasteiger partial charge in [-0.05, 0) is 25.2 Å². The van der Waals surface area contributed by atoms with Crippen LogP contribution in [0.4, 0.5) is 0 Å². The van der Waals surface area contributed by atoms with E-state index in [1.807, 2.05) is 6.92 Å². The van der Waals surface area contributed by atoms with Gasteiger partial charge in [-0.25, -0.2) is 0 Å². The van der Waals surface area contributed by atoms with Crippen molar-refractivity contribution in [2.45, 2.75) is 39.0 Å². The van der Waals surface area contributed by atoms with E-state index in [-0.39, 0.29) is 5.38 Å². The lowest BCUT2D eigenvalue weighted by atomic mass is 9.85. The highest BCUT2D eigenvalue weighted by Gasteiger charge is 2.18. The Kier molecular flexibility index (Phi) is 4.71. The highest BCUT2D eigenvalue weighted by molar-refractivity contribution is 6.20. The van der Waals surface area contributed by atoms with E-state index in [0.717, 1.165) is 18.7 Å². The first-order valence-electron chi connectivity index (χ1n) is 3.68. The molecule has 0 aromatic heterocycles. The molecule has 2 heteroatoms. The molecule has 0 spiro atoms. The summed E-state index contributed by atoms with van der Waals surface area (Å²) in [5, 5.41) is 0.262. The van der Waals surface area contributed by atoms with Crippen LogP contribution in [0.15, 0.2) is 0 Å². The third-order valence-corrected chi connectivity index (χ3v) is 1.95. The fourth-order valence-corrected chi connectivity index (χ4v) is 2.05. The molecule has 0 saturated heterocycles. The summed E-state index contributed by atoms with van der Waals surface area (Å²) in [6.45, 7) is 6.43. The van der Waals surface area contributed by atoms with Gasteiger partial charge in [0.25, 0.3) is 0 Å². The summed E-state index contributed by atoms with van der Waals surface area (Å²) in [5.41, 5.74) is 0.308. The van der Waals surface area contributed by atoms with Gasteiger partial charge < -0.3 is 0 Å². The van der Waals surface area contributed by atoms with Crippen LogP contribution in [0.2, 0.25) is 0 Å². The third-order valence-electron chi connectivity index (χ3n) is 1.61. The van der Waals surface area contributed by atoms with Crippen LogP contribution in [-0.4, -0.2) is 11.3 Å². The standard InChI is InChI=1S/C8H16Cl2/c1-7(10)6-8(2,3)4-5-9/h7H,4-6H2,1-3H3. The van der Waals surface area contributed by atoms with E-state index >= 15 is 0 Å². The average molecular weight is 183 g/mol. The van der Waals surface area contributed by atoms with Crippen LogP contribution in [0.3, 0.4) is 0 Å². The fourth-order valence-electron chi connectivity index (χ4n) is 1.12. The molecular weight excluding hydrogens is 167 g/mol. The lowest BCUT2D eigenvalue weighted by molar-refractivity contribution is 0.323. The number of hydrogen-bond acceptors (Lipinski definition) is 0. The van der Waals surface area contributed by atoms with Crippen LogP contribution < -0.4 is 0 Å². The van der Waals surface area contributed by atoms with Gasteiger partial charge in [0.1, 0.15) is 0 Å². The highest BCUT2D eigenvalue weighted by Crippen LogP contribution is 2.28. The van der Waals surface area contributed by atoms with Crippen molar-refractivity contribution in [3.05, 3.63) is 0 Å². The van der Waals surface area contributed by atoms with Crippen molar-refractivity contribution in [2.24, 2.45) is 5.41 Å². The minimum atomic E-state index is 0.262. The molecule has 0 aromatic rings. The Balaban J connectivity index is 3.63. The summed E-state index contributed by atoms with van der Waals surface area (Å²) in [4.78, 5) is 0. The first-order valence-corrected chi connectivity index (χ1v) is 4.65. The minimum absolute atomic E-state index is 0.262. The molecule has 0 aliphatic rings. The van der Waals surface area contributed by atoms with Crippen molar-refractivity contribution in [1.82, 2.24) is 0 Å². The van der Waals surface area contributed by atoms with Crippen LogP contribution in [0, 0.1) is 5.41 Å². The smallest absolute Gasteiger partial charge is 0.0312 e. The summed E-state index contributed by atoms with van der Waals surface area (Å²) in [5.74, 6) is 0.733. The van der Waals surface area contributed by atoms with Crippen molar-refractivity contribution in [2.75, 3.05) is 5.88 Å². The Morgan fingerprint density at radius 1 is 1.40 bits per heavy atom. The quantitative estimate of drug-likeness (QED) is 0.583. The number of hydrogen-bond donors (Lipinski definition) is 0. The molecule has 0 radical (unpaired) electrons. The second kappa shape index (κ2) is 4.46. The van der Waals surface area contributed by atoms with E-state index in [4.69, 9.17) is 23.2 Å².